The lowest BCUT2D eigenvalue weighted by molar-refractivity contribution is -0.291. The van der Waals surface area contributed by atoms with Gasteiger partial charge in [-0.05, 0) is 32.1 Å². The van der Waals surface area contributed by atoms with E-state index in [1.807, 2.05) is 6.92 Å². The first-order valence-electron chi connectivity index (χ1n) is 8.10. The van der Waals surface area contributed by atoms with Gasteiger partial charge in [0.25, 0.3) is 0 Å². The van der Waals surface area contributed by atoms with Gasteiger partial charge in [-0.2, -0.15) is 0 Å². The number of carbonyl (C=O) groups excluding carboxylic acids is 1. The van der Waals surface area contributed by atoms with Crippen molar-refractivity contribution in [2.75, 3.05) is 13.2 Å². The lowest BCUT2D eigenvalue weighted by Gasteiger charge is -2.39. The maximum atomic E-state index is 12.0. The van der Waals surface area contributed by atoms with Crippen molar-refractivity contribution in [1.82, 2.24) is 0 Å². The number of allylic oxidation sites excluding steroid dienone is 1. The van der Waals surface area contributed by atoms with Crippen molar-refractivity contribution in [3.05, 3.63) is 11.6 Å². The van der Waals surface area contributed by atoms with Crippen LogP contribution < -0.4 is 0 Å². The van der Waals surface area contributed by atoms with E-state index in [0.717, 1.165) is 6.42 Å². The van der Waals surface area contributed by atoms with Gasteiger partial charge in [0.05, 0.1) is 6.61 Å². The molecule has 1 rings (SSSR count). The van der Waals surface area contributed by atoms with Crippen molar-refractivity contribution in [2.24, 2.45) is 5.92 Å². The molecule has 140 valence electrons. The summed E-state index contributed by atoms with van der Waals surface area (Å²) in [6.45, 7) is 3.11. The summed E-state index contributed by atoms with van der Waals surface area (Å²) < 4.78 is 10.1. The van der Waals surface area contributed by atoms with Gasteiger partial charge in [0.2, 0.25) is 6.29 Å². The third-order valence-electron chi connectivity index (χ3n) is 4.13. The molecule has 1 fully saturated rings. The Morgan fingerprint density at radius 1 is 1.17 bits per heavy atom. The van der Waals surface area contributed by atoms with Gasteiger partial charge in [0, 0.05) is 12.2 Å². The zero-order valence-corrected chi connectivity index (χ0v) is 14.0. The number of aliphatic hydroxyl groups is 5. The van der Waals surface area contributed by atoms with Crippen LogP contribution in [0.5, 0.6) is 0 Å². The zero-order valence-electron chi connectivity index (χ0n) is 14.0. The van der Waals surface area contributed by atoms with Crippen molar-refractivity contribution < 1.29 is 39.8 Å². The fourth-order valence-electron chi connectivity index (χ4n) is 2.40. The number of ether oxygens (including phenoxy) is 2. The summed E-state index contributed by atoms with van der Waals surface area (Å²) in [5.41, 5.74) is 0.322. The molecule has 0 saturated carbocycles. The third kappa shape index (κ3) is 5.80. The van der Waals surface area contributed by atoms with Crippen LogP contribution in [0.3, 0.4) is 0 Å². The van der Waals surface area contributed by atoms with Crippen molar-refractivity contribution in [2.45, 2.75) is 63.8 Å². The summed E-state index contributed by atoms with van der Waals surface area (Å²) >= 11 is 0. The Morgan fingerprint density at radius 2 is 1.83 bits per heavy atom. The fraction of sp³-hybridized carbons (Fsp3) is 0.812. The van der Waals surface area contributed by atoms with Crippen LogP contribution in [0.15, 0.2) is 11.6 Å². The third-order valence-corrected chi connectivity index (χ3v) is 4.13. The second kappa shape index (κ2) is 10.1. The highest BCUT2D eigenvalue weighted by Gasteiger charge is 2.45. The average molecular weight is 348 g/mol. The van der Waals surface area contributed by atoms with Crippen LogP contribution in [-0.2, 0) is 14.3 Å². The molecule has 0 spiro atoms. The van der Waals surface area contributed by atoms with Crippen LogP contribution in [-0.4, -0.2) is 75.4 Å². The first-order valence-corrected chi connectivity index (χ1v) is 8.10. The molecule has 1 aliphatic heterocycles. The topological polar surface area (TPSA) is 137 Å². The minimum Gasteiger partial charge on any atom is -0.429 e. The predicted octanol–water partition coefficient (Wildman–Crippen LogP) is -0.925. The van der Waals surface area contributed by atoms with Gasteiger partial charge < -0.3 is 35.0 Å². The van der Waals surface area contributed by atoms with Crippen LogP contribution in [0.2, 0.25) is 0 Å². The molecule has 5 N–H and O–H groups in total. The Labute approximate surface area is 141 Å². The number of carbonyl (C=O) groups is 1. The van der Waals surface area contributed by atoms with Gasteiger partial charge in [-0.25, -0.2) is 4.79 Å². The summed E-state index contributed by atoms with van der Waals surface area (Å²) in [6.07, 6.45) is -3.44. The minimum atomic E-state index is -1.61. The molecule has 0 aliphatic carbocycles. The number of aliphatic hydroxyl groups excluding tert-OH is 5. The van der Waals surface area contributed by atoms with Crippen LogP contribution in [0.4, 0.5) is 0 Å². The Balaban J connectivity index is 2.56. The van der Waals surface area contributed by atoms with Crippen molar-refractivity contribution in [3.8, 4) is 0 Å². The van der Waals surface area contributed by atoms with Crippen molar-refractivity contribution >= 4 is 5.97 Å². The number of hydrogen-bond donors (Lipinski definition) is 5. The molecule has 8 heteroatoms. The molecule has 0 bridgehead atoms. The van der Waals surface area contributed by atoms with E-state index in [1.54, 1.807) is 13.0 Å². The highest BCUT2D eigenvalue weighted by Crippen LogP contribution is 2.23. The lowest BCUT2D eigenvalue weighted by atomic mass is 9.99. The summed E-state index contributed by atoms with van der Waals surface area (Å²) in [7, 11) is 0. The maximum Gasteiger partial charge on any atom is 0.335 e. The average Bonchev–Trinajstić information content (AvgIpc) is 2.55. The van der Waals surface area contributed by atoms with E-state index < -0.39 is 43.3 Å². The summed E-state index contributed by atoms with van der Waals surface area (Å²) in [5, 5.41) is 47.1. The Morgan fingerprint density at radius 3 is 2.42 bits per heavy atom. The van der Waals surface area contributed by atoms with Crippen LogP contribution in [0.1, 0.15) is 33.1 Å². The smallest absolute Gasteiger partial charge is 0.335 e. The van der Waals surface area contributed by atoms with E-state index in [-0.39, 0.29) is 6.61 Å². The second-order valence-electron chi connectivity index (χ2n) is 6.18. The zero-order chi connectivity index (χ0) is 18.3. The van der Waals surface area contributed by atoms with E-state index in [2.05, 4.69) is 0 Å². The van der Waals surface area contributed by atoms with Crippen LogP contribution >= 0.6 is 0 Å². The normalized spacial score (nSPS) is 32.5. The van der Waals surface area contributed by atoms with Gasteiger partial charge in [-0.3, -0.25) is 0 Å². The van der Waals surface area contributed by atoms with E-state index in [1.165, 1.54) is 0 Å². The van der Waals surface area contributed by atoms with E-state index in [0.29, 0.717) is 24.3 Å². The van der Waals surface area contributed by atoms with Gasteiger partial charge in [-0.15, -0.1) is 0 Å². The van der Waals surface area contributed by atoms with E-state index >= 15 is 0 Å². The molecular formula is C16H28O8. The number of hydrogen-bond acceptors (Lipinski definition) is 8. The fourth-order valence-corrected chi connectivity index (χ4v) is 2.40. The summed E-state index contributed by atoms with van der Waals surface area (Å²) in [4.78, 5) is 12.0. The monoisotopic (exact) mass is 348 g/mol. The predicted molar refractivity (Wildman–Crippen MR) is 83.7 cm³/mol. The molecule has 0 unspecified atom stereocenters. The van der Waals surface area contributed by atoms with E-state index in [9.17, 15) is 20.1 Å². The highest BCUT2D eigenvalue weighted by atomic mass is 16.7. The van der Waals surface area contributed by atoms with Crippen LogP contribution in [0.25, 0.3) is 0 Å². The molecular weight excluding hydrogens is 320 g/mol. The van der Waals surface area contributed by atoms with Gasteiger partial charge >= 0.3 is 5.97 Å². The molecule has 24 heavy (non-hydrogen) atoms. The van der Waals surface area contributed by atoms with E-state index in [4.69, 9.17) is 19.7 Å². The summed E-state index contributed by atoms with van der Waals surface area (Å²) in [5.74, 6) is -0.380. The first-order chi connectivity index (χ1) is 11.3. The van der Waals surface area contributed by atoms with Gasteiger partial charge in [0.1, 0.15) is 24.4 Å². The Hall–Kier alpha value is -1.03. The standard InChI is InChI=1S/C16H28O8/c1-9(6-7-17)4-3-5-10(2)15(22)24-16-14(21)13(20)12(19)11(8-18)23-16/h5,9,11-14,16-21H,3-4,6-8H2,1-2H3/b10-5+/t9-,11+,12+,13-,14+,16-/m0/s1. The molecule has 0 aromatic carbocycles. The molecule has 0 radical (unpaired) electrons. The Kier molecular flexibility index (Phi) is 8.82. The molecule has 1 heterocycles. The molecule has 0 aromatic heterocycles. The molecule has 0 amide bonds. The van der Waals surface area contributed by atoms with Crippen LogP contribution in [0, 0.1) is 5.92 Å². The largest absolute Gasteiger partial charge is 0.429 e. The van der Waals surface area contributed by atoms with Gasteiger partial charge in [-0.1, -0.05) is 13.0 Å². The summed E-state index contributed by atoms with van der Waals surface area (Å²) in [6, 6.07) is 0. The lowest BCUT2D eigenvalue weighted by Crippen LogP contribution is -2.59. The molecule has 1 aliphatic rings. The Bertz CT molecular complexity index is 422. The molecule has 8 nitrogen and oxygen atoms in total. The molecule has 6 atom stereocenters. The number of rotatable bonds is 8. The van der Waals surface area contributed by atoms with Crippen molar-refractivity contribution in [1.29, 1.82) is 0 Å². The quantitative estimate of drug-likeness (QED) is 0.280. The van der Waals surface area contributed by atoms with Gasteiger partial charge in [0.15, 0.2) is 0 Å². The molecule has 1 saturated heterocycles. The minimum absolute atomic E-state index is 0.128. The maximum absolute atomic E-state index is 12.0. The molecule has 0 aromatic rings. The first kappa shape index (κ1) is 21.0. The number of esters is 1. The second-order valence-corrected chi connectivity index (χ2v) is 6.18. The highest BCUT2D eigenvalue weighted by molar-refractivity contribution is 5.87. The van der Waals surface area contributed by atoms with Crippen molar-refractivity contribution in [3.63, 3.8) is 0 Å². The SMILES string of the molecule is C/C(=C\CC[C@H](C)CCO)C(=O)O[C@@H]1O[C@H](CO)[C@@H](O)[C@H](O)[C@H]1O.